The quantitative estimate of drug-likeness (QED) is 0.136. The van der Waals surface area contributed by atoms with Crippen LogP contribution in [0.1, 0.15) is 0 Å². The van der Waals surface area contributed by atoms with Crippen molar-refractivity contribution in [2.24, 2.45) is 0 Å². The van der Waals surface area contributed by atoms with E-state index in [1.165, 1.54) is 0 Å². The molecule has 0 radical (unpaired) electrons. The van der Waals surface area contributed by atoms with Gasteiger partial charge in [-0.05, 0) is 91.7 Å². The fourth-order valence-electron chi connectivity index (χ4n) is 3.71. The van der Waals surface area contributed by atoms with Gasteiger partial charge in [-0.25, -0.2) is 0 Å². The summed E-state index contributed by atoms with van der Waals surface area (Å²) in [4.78, 5) is 0. The molecular weight excluding hydrogens is 645 g/mol. The molecule has 0 atom stereocenters. The average Bonchev–Trinajstić information content (AvgIpc) is 2.67. The van der Waals surface area contributed by atoms with E-state index in [0.717, 1.165) is 0 Å². The van der Waals surface area contributed by atoms with Crippen LogP contribution in [0, 0.1) is 0 Å². The lowest BCUT2D eigenvalue weighted by Gasteiger charge is -2.47. The van der Waals surface area contributed by atoms with Gasteiger partial charge in [0.05, 0.1) is 0 Å². The molecule has 0 rings (SSSR count). The zero-order chi connectivity index (χ0) is 31.2. The Morgan fingerprint density at radius 3 is 0.897 bits per heavy atom. The van der Waals surface area contributed by atoms with Crippen molar-refractivity contribution in [2.75, 3.05) is 0 Å². The van der Waals surface area contributed by atoms with E-state index in [1.54, 1.807) is 0 Å². The molecule has 228 valence electrons. The van der Waals surface area contributed by atoms with Crippen molar-refractivity contribution in [1.82, 2.24) is 0 Å². The van der Waals surface area contributed by atoms with E-state index in [0.29, 0.717) is 0 Å². The van der Waals surface area contributed by atoms with Crippen LogP contribution in [0.4, 0.5) is 0 Å². The highest BCUT2D eigenvalue weighted by atomic mass is 28.6. The molecule has 0 aliphatic carbocycles. The predicted octanol–water partition coefficient (Wildman–Crippen LogP) is 6.38. The van der Waals surface area contributed by atoms with Crippen LogP contribution in [0.25, 0.3) is 0 Å². The van der Waals surface area contributed by atoms with Gasteiger partial charge in [0, 0.05) is 0 Å². The van der Waals surface area contributed by atoms with Gasteiger partial charge in [-0.1, -0.05) is 22.8 Å². The first kappa shape index (κ1) is 39.6. The fourth-order valence-corrected chi connectivity index (χ4v) is 37.3. The summed E-state index contributed by atoms with van der Waals surface area (Å²) in [5.74, 6) is 0. The van der Waals surface area contributed by atoms with Crippen molar-refractivity contribution in [3.05, 3.63) is 49.1 Å². The summed E-state index contributed by atoms with van der Waals surface area (Å²) >= 11 is 0. The van der Waals surface area contributed by atoms with Crippen LogP contribution in [-0.4, -0.2) is 78.0 Å². The van der Waals surface area contributed by atoms with E-state index in [2.05, 4.69) is 65.6 Å². The topological polar surface area (TPSA) is 73.8 Å². The fraction of sp³-hybridized carbons (Fsp3) is 0.636. The molecule has 0 aromatic carbocycles. The Bertz CT molecular complexity index is 772. The Balaban J connectivity index is 7.05. The summed E-state index contributed by atoms with van der Waals surface area (Å²) in [5.41, 5.74) is 7.53. The predicted molar refractivity (Wildman–Crippen MR) is 186 cm³/mol. The van der Waals surface area contributed by atoms with Gasteiger partial charge in [-0.15, -0.1) is 26.3 Å². The normalized spacial score (nSPS) is 15.0. The van der Waals surface area contributed by atoms with Crippen LogP contribution in [-0.2, 0) is 32.9 Å². The van der Waals surface area contributed by atoms with Crippen molar-refractivity contribution >= 4 is 78.0 Å². The Kier molecular flexibility index (Phi) is 14.6. The van der Waals surface area contributed by atoms with Crippen LogP contribution in [0.15, 0.2) is 49.1 Å². The minimum absolute atomic E-state index is 0.994. The third kappa shape index (κ3) is 16.1. The Labute approximate surface area is 250 Å². The van der Waals surface area contributed by atoms with Gasteiger partial charge in [0.2, 0.25) is 0 Å². The first-order chi connectivity index (χ1) is 17.2. The third-order valence-corrected chi connectivity index (χ3v) is 35.7. The van der Waals surface area contributed by atoms with E-state index in [1.807, 2.05) is 75.2 Å². The van der Waals surface area contributed by atoms with Gasteiger partial charge in [0.25, 0.3) is 0 Å². The van der Waals surface area contributed by atoms with Gasteiger partial charge < -0.3 is 32.9 Å². The van der Waals surface area contributed by atoms with E-state index in [-0.39, 0.29) is 0 Å². The smallest absolute Gasteiger partial charge is 0.438 e. The van der Waals surface area contributed by atoms with Crippen molar-refractivity contribution < 1.29 is 32.9 Å². The average molecular weight is 701 g/mol. The van der Waals surface area contributed by atoms with Crippen molar-refractivity contribution in [3.8, 4) is 0 Å². The Morgan fingerprint density at radius 2 is 0.667 bits per heavy atom. The monoisotopic (exact) mass is 700 g/mol. The molecule has 0 heterocycles. The molecule has 0 bridgehead atoms. The molecule has 39 heavy (non-hydrogen) atoms. The number of hydrogen-bond acceptors (Lipinski definition) is 8. The maximum absolute atomic E-state index is 6.96. The Morgan fingerprint density at radius 1 is 0.410 bits per heavy atom. The Hall–Kier alpha value is 0.592. The second-order valence-corrected chi connectivity index (χ2v) is 43.7. The van der Waals surface area contributed by atoms with Crippen molar-refractivity contribution in [3.63, 3.8) is 0 Å². The third-order valence-electron chi connectivity index (χ3n) is 5.03. The molecule has 0 aromatic rings. The molecule has 0 fully saturated rings. The summed E-state index contributed by atoms with van der Waals surface area (Å²) in [7, 11) is -23.2. The van der Waals surface area contributed by atoms with E-state index >= 15 is 0 Å². The first-order valence-corrected chi connectivity index (χ1v) is 36.5. The highest BCUT2D eigenvalue weighted by Crippen LogP contribution is 2.33. The second kappa shape index (κ2) is 14.4. The molecule has 0 saturated carbocycles. The molecule has 0 unspecified atom stereocenters. The lowest BCUT2D eigenvalue weighted by Crippen LogP contribution is -2.70. The van der Waals surface area contributed by atoms with Crippen LogP contribution in [0.2, 0.25) is 91.7 Å². The number of rotatable bonds is 20. The van der Waals surface area contributed by atoms with E-state index in [9.17, 15) is 0 Å². The zero-order valence-electron chi connectivity index (χ0n) is 27.1. The summed E-state index contributed by atoms with van der Waals surface area (Å²) < 4.78 is 53.9. The first-order valence-electron chi connectivity index (χ1n) is 13.3. The van der Waals surface area contributed by atoms with Gasteiger partial charge in [-0.2, -0.15) is 0 Å². The molecule has 0 aliphatic heterocycles. The summed E-state index contributed by atoms with van der Waals surface area (Å²) in [6.07, 6.45) is 0. The zero-order valence-corrected chi connectivity index (χ0v) is 36.5. The van der Waals surface area contributed by atoms with Crippen molar-refractivity contribution in [2.45, 2.75) is 91.7 Å². The van der Waals surface area contributed by atoms with Gasteiger partial charge in [0.1, 0.15) is 0 Å². The van der Waals surface area contributed by atoms with Crippen LogP contribution >= 0.6 is 0 Å². The lowest BCUT2D eigenvalue weighted by molar-refractivity contribution is 0.104. The van der Waals surface area contributed by atoms with Crippen molar-refractivity contribution in [1.29, 1.82) is 0 Å². The summed E-state index contributed by atoms with van der Waals surface area (Å²) in [6.45, 7) is 44.3. The SMILES string of the molecule is C=C[SiH2]O[Si](C)(C)O[Si](O[Si](C)(C)O[Si](C)(C)C=C)(O[Si](C)(C)O[Si](C)(C)C=C)O[Si](C)(C)O[Si](C)(C)C=C. The van der Waals surface area contributed by atoms with E-state index in [4.69, 9.17) is 32.9 Å². The second-order valence-electron chi connectivity index (χ2n) is 12.8. The van der Waals surface area contributed by atoms with Crippen LogP contribution in [0.5, 0.6) is 0 Å². The van der Waals surface area contributed by atoms with Gasteiger partial charge in [0.15, 0.2) is 34.7 Å². The molecule has 17 heteroatoms. The minimum atomic E-state index is -4.03. The highest BCUT2D eigenvalue weighted by molar-refractivity contribution is 6.94. The molecule has 0 spiro atoms. The molecule has 0 aliphatic rings. The molecular formula is C22H56O8Si9. The summed E-state index contributed by atoms with van der Waals surface area (Å²) in [6, 6.07) is 0. The summed E-state index contributed by atoms with van der Waals surface area (Å²) in [5, 5.41) is 0. The number of hydrogen-bond donors (Lipinski definition) is 0. The minimum Gasteiger partial charge on any atom is -0.438 e. The standard InChI is InChI=1S/C22H56O8Si9/c1-19-31-23-35(11,12)27-39(28-36(13,14)24-32(5,6)20-2,29-37(15,16)25-33(7,8)21-3)30-38(17,18)26-34(9,10)22-4/h19-22H,1-4,31H2,5-18H3. The molecule has 0 amide bonds. The largest absolute Gasteiger partial charge is 0.643 e. The lowest BCUT2D eigenvalue weighted by atomic mass is 11.3. The van der Waals surface area contributed by atoms with Gasteiger partial charge >= 0.3 is 43.3 Å². The van der Waals surface area contributed by atoms with Crippen LogP contribution in [0.3, 0.4) is 0 Å². The maximum atomic E-state index is 6.96. The molecule has 8 nitrogen and oxygen atoms in total. The molecule has 0 N–H and O–H groups in total. The molecule has 0 aromatic heterocycles. The maximum Gasteiger partial charge on any atom is 0.643 e. The van der Waals surface area contributed by atoms with Crippen LogP contribution < -0.4 is 0 Å². The van der Waals surface area contributed by atoms with Gasteiger partial charge in [-0.3, -0.25) is 0 Å². The molecule has 0 saturated heterocycles. The highest BCUT2D eigenvalue weighted by Gasteiger charge is 2.62. The van der Waals surface area contributed by atoms with E-state index < -0.39 is 78.0 Å².